The van der Waals surface area contributed by atoms with Crippen LogP contribution in [-0.2, 0) is 6.42 Å². The fourth-order valence-electron chi connectivity index (χ4n) is 3.58. The SMILES string of the molecule is N[C@H](c1c2ccccc2cc2ccccc12)[C@@H](O)Cc1ccccc1. The smallest absolute Gasteiger partial charge is 0.0773 e. The first-order valence-corrected chi connectivity index (χ1v) is 8.62. The van der Waals surface area contributed by atoms with E-state index in [2.05, 4.69) is 30.3 Å². The molecule has 0 bridgehead atoms. The number of hydrogen-bond acceptors (Lipinski definition) is 2. The zero-order chi connectivity index (χ0) is 17.2. The lowest BCUT2D eigenvalue weighted by atomic mass is 9.88. The van der Waals surface area contributed by atoms with Crippen LogP contribution in [0.1, 0.15) is 17.2 Å². The van der Waals surface area contributed by atoms with Crippen LogP contribution < -0.4 is 5.73 Å². The molecule has 4 aromatic rings. The summed E-state index contributed by atoms with van der Waals surface area (Å²) in [6, 6.07) is 28.2. The van der Waals surface area contributed by atoms with Crippen molar-refractivity contribution in [1.82, 2.24) is 0 Å². The molecule has 0 aliphatic rings. The van der Waals surface area contributed by atoms with Crippen molar-refractivity contribution < 1.29 is 5.11 Å². The highest BCUT2D eigenvalue weighted by molar-refractivity contribution is 6.02. The molecule has 0 radical (unpaired) electrons. The van der Waals surface area contributed by atoms with Crippen LogP contribution in [0.25, 0.3) is 21.5 Å². The molecule has 2 nitrogen and oxygen atoms in total. The van der Waals surface area contributed by atoms with E-state index >= 15 is 0 Å². The van der Waals surface area contributed by atoms with Gasteiger partial charge in [0.1, 0.15) is 0 Å². The summed E-state index contributed by atoms with van der Waals surface area (Å²) in [5, 5.41) is 15.3. The molecule has 0 unspecified atom stereocenters. The Kier molecular flexibility index (Phi) is 4.22. The molecule has 0 aliphatic carbocycles. The Morgan fingerprint density at radius 2 is 1.24 bits per heavy atom. The van der Waals surface area contributed by atoms with Gasteiger partial charge in [0.15, 0.2) is 0 Å². The number of aliphatic hydroxyl groups is 1. The first-order valence-electron chi connectivity index (χ1n) is 8.62. The van der Waals surface area contributed by atoms with E-state index < -0.39 is 12.1 Å². The molecule has 4 aromatic carbocycles. The standard InChI is InChI=1S/C23H21NO/c24-23(21(25)14-16-8-2-1-3-9-16)22-19-12-6-4-10-17(19)15-18-11-5-7-13-20(18)22/h1-13,15,21,23,25H,14,24H2/t21-,23-/m0/s1. The first kappa shape index (κ1) is 15.8. The molecule has 4 rings (SSSR count). The summed E-state index contributed by atoms with van der Waals surface area (Å²) in [5.74, 6) is 0. The summed E-state index contributed by atoms with van der Waals surface area (Å²) >= 11 is 0. The van der Waals surface area contributed by atoms with E-state index in [-0.39, 0.29) is 0 Å². The molecule has 0 aromatic heterocycles. The highest BCUT2D eigenvalue weighted by atomic mass is 16.3. The van der Waals surface area contributed by atoms with Crippen LogP contribution >= 0.6 is 0 Å². The quantitative estimate of drug-likeness (QED) is 0.538. The van der Waals surface area contributed by atoms with Crippen LogP contribution in [0.3, 0.4) is 0 Å². The zero-order valence-electron chi connectivity index (χ0n) is 14.0. The Morgan fingerprint density at radius 1 is 0.720 bits per heavy atom. The van der Waals surface area contributed by atoms with Crippen LogP contribution in [0, 0.1) is 0 Å². The van der Waals surface area contributed by atoms with E-state index in [1.807, 2.05) is 54.6 Å². The minimum atomic E-state index is -0.642. The van der Waals surface area contributed by atoms with E-state index in [9.17, 15) is 5.11 Å². The summed E-state index contributed by atoms with van der Waals surface area (Å²) in [6.45, 7) is 0. The first-order chi connectivity index (χ1) is 12.2. The van der Waals surface area contributed by atoms with E-state index in [1.165, 1.54) is 0 Å². The third kappa shape index (κ3) is 3.02. The fraction of sp³-hybridized carbons (Fsp3) is 0.130. The maximum atomic E-state index is 10.8. The van der Waals surface area contributed by atoms with Gasteiger partial charge in [-0.3, -0.25) is 0 Å². The van der Waals surface area contributed by atoms with Gasteiger partial charge in [-0.15, -0.1) is 0 Å². The van der Waals surface area contributed by atoms with Crippen molar-refractivity contribution >= 4 is 21.5 Å². The average Bonchev–Trinajstić information content (AvgIpc) is 2.66. The molecular weight excluding hydrogens is 306 g/mol. The second-order valence-corrected chi connectivity index (χ2v) is 6.52. The van der Waals surface area contributed by atoms with Gasteiger partial charge < -0.3 is 10.8 Å². The summed E-state index contributed by atoms with van der Waals surface area (Å²) < 4.78 is 0. The topological polar surface area (TPSA) is 46.2 Å². The number of rotatable bonds is 4. The maximum Gasteiger partial charge on any atom is 0.0773 e. The van der Waals surface area contributed by atoms with Crippen molar-refractivity contribution in [1.29, 1.82) is 0 Å². The van der Waals surface area contributed by atoms with Crippen molar-refractivity contribution in [3.63, 3.8) is 0 Å². The summed E-state index contributed by atoms with van der Waals surface area (Å²) in [5.41, 5.74) is 8.69. The Labute approximate surface area is 147 Å². The summed E-state index contributed by atoms with van der Waals surface area (Å²) in [4.78, 5) is 0. The molecule has 0 amide bonds. The van der Waals surface area contributed by atoms with Gasteiger partial charge in [0.2, 0.25) is 0 Å². The van der Waals surface area contributed by atoms with Crippen molar-refractivity contribution in [2.45, 2.75) is 18.6 Å². The van der Waals surface area contributed by atoms with Crippen LogP contribution in [-0.4, -0.2) is 11.2 Å². The highest BCUT2D eigenvalue weighted by Crippen LogP contribution is 2.33. The normalized spacial score (nSPS) is 13.8. The Hall–Kier alpha value is -2.68. The third-order valence-corrected chi connectivity index (χ3v) is 4.85. The molecule has 25 heavy (non-hydrogen) atoms. The monoisotopic (exact) mass is 327 g/mol. The van der Waals surface area contributed by atoms with Gasteiger partial charge in [0.25, 0.3) is 0 Å². The molecule has 0 saturated carbocycles. The largest absolute Gasteiger partial charge is 0.391 e. The van der Waals surface area contributed by atoms with E-state index in [0.29, 0.717) is 6.42 Å². The summed E-state index contributed by atoms with van der Waals surface area (Å²) in [6.07, 6.45) is -0.101. The second kappa shape index (κ2) is 6.67. The number of aliphatic hydroxyl groups excluding tert-OH is 1. The van der Waals surface area contributed by atoms with E-state index in [4.69, 9.17) is 5.73 Å². The fourth-order valence-corrected chi connectivity index (χ4v) is 3.58. The predicted molar refractivity (Wildman–Crippen MR) is 105 cm³/mol. The molecule has 2 heteroatoms. The Morgan fingerprint density at radius 3 is 1.84 bits per heavy atom. The molecule has 3 N–H and O–H groups in total. The number of benzene rings is 4. The number of fused-ring (bicyclic) bond motifs is 2. The molecular formula is C23H21NO. The molecule has 124 valence electrons. The lowest BCUT2D eigenvalue weighted by Crippen LogP contribution is -2.28. The minimum Gasteiger partial charge on any atom is -0.391 e. The highest BCUT2D eigenvalue weighted by Gasteiger charge is 2.21. The van der Waals surface area contributed by atoms with Crippen LogP contribution in [0.15, 0.2) is 84.9 Å². The molecule has 0 heterocycles. The van der Waals surface area contributed by atoms with Gasteiger partial charge in [-0.2, -0.15) is 0 Å². The van der Waals surface area contributed by atoms with Crippen molar-refractivity contribution in [3.8, 4) is 0 Å². The number of nitrogens with two attached hydrogens (primary N) is 1. The Balaban J connectivity index is 1.83. The van der Waals surface area contributed by atoms with Gasteiger partial charge in [-0.25, -0.2) is 0 Å². The van der Waals surface area contributed by atoms with Crippen molar-refractivity contribution in [3.05, 3.63) is 96.1 Å². The molecule has 0 spiro atoms. The zero-order valence-corrected chi connectivity index (χ0v) is 14.0. The molecule has 2 atom stereocenters. The van der Waals surface area contributed by atoms with Crippen LogP contribution in [0.4, 0.5) is 0 Å². The number of hydrogen-bond donors (Lipinski definition) is 2. The van der Waals surface area contributed by atoms with Gasteiger partial charge in [-0.05, 0) is 38.7 Å². The van der Waals surface area contributed by atoms with Gasteiger partial charge in [0, 0.05) is 6.42 Å². The van der Waals surface area contributed by atoms with Gasteiger partial charge >= 0.3 is 0 Å². The van der Waals surface area contributed by atoms with Crippen molar-refractivity contribution in [2.24, 2.45) is 5.73 Å². The Bertz CT molecular complexity index is 956. The van der Waals surface area contributed by atoms with E-state index in [0.717, 1.165) is 32.7 Å². The third-order valence-electron chi connectivity index (χ3n) is 4.85. The molecule has 0 aliphatic heterocycles. The summed E-state index contributed by atoms with van der Waals surface area (Å²) in [7, 11) is 0. The molecule has 0 saturated heterocycles. The van der Waals surface area contributed by atoms with Crippen LogP contribution in [0.2, 0.25) is 0 Å². The average molecular weight is 327 g/mol. The predicted octanol–water partition coefficient (Wildman–Crippen LogP) is 4.60. The lowest BCUT2D eigenvalue weighted by molar-refractivity contribution is 0.146. The van der Waals surface area contributed by atoms with E-state index in [1.54, 1.807) is 0 Å². The van der Waals surface area contributed by atoms with Crippen molar-refractivity contribution in [2.75, 3.05) is 0 Å². The minimum absolute atomic E-state index is 0.448. The maximum absolute atomic E-state index is 10.8. The second-order valence-electron chi connectivity index (χ2n) is 6.52. The van der Waals surface area contributed by atoms with Crippen LogP contribution in [0.5, 0.6) is 0 Å². The molecule has 0 fully saturated rings. The lowest BCUT2D eigenvalue weighted by Gasteiger charge is -2.23. The van der Waals surface area contributed by atoms with Gasteiger partial charge in [-0.1, -0.05) is 78.9 Å². The van der Waals surface area contributed by atoms with Gasteiger partial charge in [0.05, 0.1) is 12.1 Å².